The first-order valence-corrected chi connectivity index (χ1v) is 18.9. The van der Waals surface area contributed by atoms with Crippen LogP contribution in [0.2, 0.25) is 0 Å². The van der Waals surface area contributed by atoms with Crippen LogP contribution in [0, 0.1) is 0 Å². The second-order valence-electron chi connectivity index (χ2n) is 11.9. The number of aliphatic hydroxyl groups excluding tert-OH is 2. The van der Waals surface area contributed by atoms with Crippen LogP contribution in [-0.4, -0.2) is 59.0 Å². The highest BCUT2D eigenvalue weighted by Gasteiger charge is 2.27. The van der Waals surface area contributed by atoms with E-state index >= 15 is 0 Å². The summed E-state index contributed by atoms with van der Waals surface area (Å²) in [7, 11) is -4.38. The maximum Gasteiger partial charge on any atom is 0.472 e. The van der Waals surface area contributed by atoms with Gasteiger partial charge in [0.25, 0.3) is 0 Å². The van der Waals surface area contributed by atoms with Crippen molar-refractivity contribution in [3.8, 4) is 0 Å². The van der Waals surface area contributed by atoms with Crippen molar-refractivity contribution in [2.75, 3.05) is 19.8 Å². The molecule has 0 radical (unpaired) electrons. The largest absolute Gasteiger partial charge is 0.472 e. The lowest BCUT2D eigenvalue weighted by Gasteiger charge is -2.24. The SMILES string of the molecule is CCCCCCCC/C=C/C(O)C(COP(=O)(O)OCCN)NC(=O)CC(O)CCCCCCCCCCCCCCC. The third-order valence-corrected chi connectivity index (χ3v) is 8.65. The summed E-state index contributed by atoms with van der Waals surface area (Å²) in [5.41, 5.74) is 5.32. The minimum absolute atomic E-state index is 0.0506. The summed E-state index contributed by atoms with van der Waals surface area (Å²) >= 11 is 0. The standard InChI is InChI=1S/C33H67N2O7P/c1-3-5-7-9-11-13-14-15-16-17-18-20-22-24-30(36)28-33(38)35-31(29-42-43(39,40)41-27-26-34)32(37)25-23-21-19-12-10-8-6-4-2/h23,25,30-32,36-37H,3-22,24,26-29,34H2,1-2H3,(H,35,38)(H,39,40)/b25-23+. The summed E-state index contributed by atoms with van der Waals surface area (Å²) < 4.78 is 21.9. The highest BCUT2D eigenvalue weighted by atomic mass is 31.2. The first-order valence-electron chi connectivity index (χ1n) is 17.4. The van der Waals surface area contributed by atoms with Crippen molar-refractivity contribution in [2.24, 2.45) is 5.73 Å². The van der Waals surface area contributed by atoms with Crippen molar-refractivity contribution in [3.05, 3.63) is 12.2 Å². The summed E-state index contributed by atoms with van der Waals surface area (Å²) in [6.07, 6.45) is 25.9. The first-order chi connectivity index (χ1) is 20.8. The maximum absolute atomic E-state index is 12.7. The molecule has 9 nitrogen and oxygen atoms in total. The molecule has 0 rings (SSSR count). The zero-order valence-electron chi connectivity index (χ0n) is 27.6. The van der Waals surface area contributed by atoms with Gasteiger partial charge in [0.05, 0.1) is 37.9 Å². The fraction of sp³-hybridized carbons (Fsp3) is 0.909. The molecular formula is C33H67N2O7P. The summed E-state index contributed by atoms with van der Waals surface area (Å²) in [5, 5.41) is 23.8. The summed E-state index contributed by atoms with van der Waals surface area (Å²) in [5.74, 6) is -0.449. The molecule has 0 saturated carbocycles. The number of carbonyl (C=O) groups is 1. The minimum atomic E-state index is -4.38. The number of unbranched alkanes of at least 4 members (excludes halogenated alkanes) is 18. The highest BCUT2D eigenvalue weighted by Crippen LogP contribution is 2.43. The molecule has 4 atom stereocenters. The average Bonchev–Trinajstić information content (AvgIpc) is 2.97. The van der Waals surface area contributed by atoms with E-state index in [0.717, 1.165) is 38.5 Å². The summed E-state index contributed by atoms with van der Waals surface area (Å²) in [4.78, 5) is 22.5. The van der Waals surface area contributed by atoms with Crippen molar-refractivity contribution in [2.45, 2.75) is 173 Å². The number of phosphoric acid groups is 1. The normalized spacial score (nSPS) is 15.4. The van der Waals surface area contributed by atoms with Crippen LogP contribution >= 0.6 is 7.82 Å². The van der Waals surface area contributed by atoms with Gasteiger partial charge in [-0.15, -0.1) is 0 Å². The Morgan fingerprint density at radius 2 is 1.28 bits per heavy atom. The Hall–Kier alpha value is -0.800. The van der Waals surface area contributed by atoms with E-state index in [1.165, 1.54) is 89.9 Å². The number of aliphatic hydroxyl groups is 2. The van der Waals surface area contributed by atoms with E-state index in [0.29, 0.717) is 6.42 Å². The average molecular weight is 635 g/mol. The smallest absolute Gasteiger partial charge is 0.393 e. The minimum Gasteiger partial charge on any atom is -0.393 e. The number of carbonyl (C=O) groups excluding carboxylic acids is 1. The van der Waals surface area contributed by atoms with Gasteiger partial charge in [0.1, 0.15) is 0 Å². The number of allylic oxidation sites excluding steroid dienone is 1. The molecule has 6 N–H and O–H groups in total. The molecule has 4 unspecified atom stereocenters. The lowest BCUT2D eigenvalue weighted by molar-refractivity contribution is -0.124. The Morgan fingerprint density at radius 3 is 1.79 bits per heavy atom. The fourth-order valence-electron chi connectivity index (χ4n) is 5.00. The summed E-state index contributed by atoms with van der Waals surface area (Å²) in [6.45, 7) is 3.90. The number of hydrogen-bond acceptors (Lipinski definition) is 7. The second kappa shape index (κ2) is 29.9. The molecule has 10 heteroatoms. The van der Waals surface area contributed by atoms with Gasteiger partial charge < -0.3 is 26.2 Å². The van der Waals surface area contributed by atoms with Gasteiger partial charge in [-0.25, -0.2) is 4.57 Å². The van der Waals surface area contributed by atoms with E-state index in [-0.39, 0.29) is 19.6 Å². The first kappa shape index (κ1) is 42.2. The van der Waals surface area contributed by atoms with Crippen LogP contribution < -0.4 is 11.1 Å². The number of hydrogen-bond donors (Lipinski definition) is 5. The number of nitrogens with two attached hydrogens (primary N) is 1. The molecule has 0 spiro atoms. The molecular weight excluding hydrogens is 567 g/mol. The Labute approximate surface area is 263 Å². The van der Waals surface area contributed by atoms with E-state index in [1.807, 2.05) is 6.08 Å². The predicted molar refractivity (Wildman–Crippen MR) is 177 cm³/mol. The number of rotatable bonds is 32. The van der Waals surface area contributed by atoms with Gasteiger partial charge in [-0.05, 0) is 19.3 Å². The number of nitrogens with one attached hydrogen (secondary N) is 1. The van der Waals surface area contributed by atoms with E-state index in [1.54, 1.807) is 6.08 Å². The zero-order valence-corrected chi connectivity index (χ0v) is 28.5. The van der Waals surface area contributed by atoms with E-state index in [2.05, 4.69) is 19.2 Å². The Morgan fingerprint density at radius 1 is 0.791 bits per heavy atom. The number of phosphoric ester groups is 1. The van der Waals surface area contributed by atoms with E-state index < -0.39 is 38.6 Å². The van der Waals surface area contributed by atoms with Gasteiger partial charge >= 0.3 is 7.82 Å². The van der Waals surface area contributed by atoms with E-state index in [9.17, 15) is 24.5 Å². The molecule has 0 saturated heterocycles. The van der Waals surface area contributed by atoms with E-state index in [4.69, 9.17) is 14.8 Å². The third kappa shape index (κ3) is 28.4. The van der Waals surface area contributed by atoms with Crippen LogP contribution in [-0.2, 0) is 18.4 Å². The van der Waals surface area contributed by atoms with Crippen LogP contribution in [0.1, 0.15) is 155 Å². The van der Waals surface area contributed by atoms with Crippen molar-refractivity contribution >= 4 is 13.7 Å². The van der Waals surface area contributed by atoms with Gasteiger partial charge in [0, 0.05) is 6.54 Å². The van der Waals surface area contributed by atoms with Crippen molar-refractivity contribution in [3.63, 3.8) is 0 Å². The molecule has 43 heavy (non-hydrogen) atoms. The molecule has 256 valence electrons. The van der Waals surface area contributed by atoms with Crippen molar-refractivity contribution < 1.29 is 33.5 Å². The molecule has 0 aromatic heterocycles. The predicted octanol–water partition coefficient (Wildman–Crippen LogP) is 7.46. The quantitative estimate of drug-likeness (QED) is 0.0290. The Bertz CT molecular complexity index is 711. The molecule has 0 aliphatic rings. The second-order valence-corrected chi connectivity index (χ2v) is 13.4. The van der Waals surface area contributed by atoms with Gasteiger partial charge in [0.2, 0.25) is 5.91 Å². The lowest BCUT2D eigenvalue weighted by atomic mass is 10.0. The van der Waals surface area contributed by atoms with Crippen LogP contribution in [0.5, 0.6) is 0 Å². The van der Waals surface area contributed by atoms with Gasteiger partial charge in [-0.3, -0.25) is 13.8 Å². The molecule has 1 amide bonds. The molecule has 0 aliphatic carbocycles. The van der Waals surface area contributed by atoms with Crippen LogP contribution in [0.3, 0.4) is 0 Å². The van der Waals surface area contributed by atoms with Crippen LogP contribution in [0.15, 0.2) is 12.2 Å². The zero-order chi connectivity index (χ0) is 32.0. The summed E-state index contributed by atoms with van der Waals surface area (Å²) in [6, 6.07) is -0.973. The van der Waals surface area contributed by atoms with Gasteiger partial charge in [0.15, 0.2) is 0 Å². The highest BCUT2D eigenvalue weighted by molar-refractivity contribution is 7.47. The molecule has 0 aromatic rings. The number of amides is 1. The molecule has 0 bridgehead atoms. The van der Waals surface area contributed by atoms with Gasteiger partial charge in [-0.2, -0.15) is 0 Å². The molecule has 0 aromatic carbocycles. The topological polar surface area (TPSA) is 151 Å². The van der Waals surface area contributed by atoms with Crippen LogP contribution in [0.4, 0.5) is 0 Å². The van der Waals surface area contributed by atoms with Crippen molar-refractivity contribution in [1.29, 1.82) is 0 Å². The lowest BCUT2D eigenvalue weighted by Crippen LogP contribution is -2.46. The molecule has 0 aliphatic heterocycles. The maximum atomic E-state index is 12.7. The fourth-order valence-corrected chi connectivity index (χ4v) is 5.76. The monoisotopic (exact) mass is 634 g/mol. The molecule has 0 heterocycles. The van der Waals surface area contributed by atoms with Crippen LogP contribution in [0.25, 0.3) is 0 Å². The van der Waals surface area contributed by atoms with Gasteiger partial charge in [-0.1, -0.05) is 142 Å². The van der Waals surface area contributed by atoms with Crippen molar-refractivity contribution in [1.82, 2.24) is 5.32 Å². The Balaban J connectivity index is 4.41. The third-order valence-electron chi connectivity index (χ3n) is 7.67. The molecule has 0 fully saturated rings. The Kier molecular flexibility index (Phi) is 29.3.